The Hall–Kier alpha value is -5.50. The minimum Gasteiger partial charge on any atom is -0.480 e. The zero-order chi connectivity index (χ0) is 51.2. The number of aliphatic hydroxyl groups is 4. The average molecular weight is 947 g/mol. The van der Waals surface area contributed by atoms with Gasteiger partial charge in [0.2, 0.25) is 53.2 Å². The van der Waals surface area contributed by atoms with Crippen molar-refractivity contribution in [3.05, 3.63) is 0 Å². The van der Waals surface area contributed by atoms with Crippen LogP contribution < -0.4 is 53.6 Å². The standard InChI is InChI=1S/C41H74N10O15/c1-11-19(6)29(37(61)45-25(17-53)41(65)66)48-34(58)24(16-52)44-27(57)15-43-35(59)32(22(9)54)51-39(63)31(21(8)13-3)49-36(60)28(18(4)5)47-38(62)30(20(7)12-2)50-40(64)33(23(10)55)46-26(56)14-42/h18-25,28-33,52-55H,11-17,42H2,1-10H3,(H,43,59)(H,44,57)(H,45,61)(H,46,56)(H,47,62)(H,48,58)(H,49,60)(H,50,64)(H,51,63)(H,65,66)/t19-,20-,21-,22+,23+,24-,25-,28-,29-,30-,31-,32-,33-/m0/s1. The second-order valence-electron chi connectivity index (χ2n) is 16.7. The number of aliphatic carboxylic acids is 1. The monoisotopic (exact) mass is 947 g/mol. The highest BCUT2D eigenvalue weighted by Crippen LogP contribution is 2.14. The van der Waals surface area contributed by atoms with E-state index in [4.69, 9.17) is 5.73 Å². The predicted molar refractivity (Wildman–Crippen MR) is 236 cm³/mol. The van der Waals surface area contributed by atoms with Gasteiger partial charge in [0.1, 0.15) is 48.3 Å². The minimum absolute atomic E-state index is 0.323. The molecule has 378 valence electrons. The molecular formula is C41H74N10O15. The molecule has 0 bridgehead atoms. The van der Waals surface area contributed by atoms with Crippen LogP contribution in [-0.2, 0) is 47.9 Å². The Bertz CT molecular complexity index is 1670. The lowest BCUT2D eigenvalue weighted by Gasteiger charge is -2.32. The van der Waals surface area contributed by atoms with Crippen molar-refractivity contribution in [1.29, 1.82) is 0 Å². The van der Waals surface area contributed by atoms with Gasteiger partial charge in [-0.2, -0.15) is 0 Å². The summed E-state index contributed by atoms with van der Waals surface area (Å²) >= 11 is 0. The molecule has 13 atom stereocenters. The molecular weight excluding hydrogens is 873 g/mol. The average Bonchev–Trinajstić information content (AvgIpc) is 3.27. The Morgan fingerprint density at radius 2 is 0.788 bits per heavy atom. The summed E-state index contributed by atoms with van der Waals surface area (Å²) in [7, 11) is 0. The molecule has 0 saturated heterocycles. The summed E-state index contributed by atoms with van der Waals surface area (Å²) in [5.41, 5.74) is 5.34. The number of hydrogen-bond donors (Lipinski definition) is 15. The summed E-state index contributed by atoms with van der Waals surface area (Å²) in [5, 5.41) is 70.3. The predicted octanol–water partition coefficient (Wildman–Crippen LogP) is -5.44. The zero-order valence-corrected chi connectivity index (χ0v) is 39.4. The first-order valence-electron chi connectivity index (χ1n) is 22.0. The molecule has 0 spiro atoms. The smallest absolute Gasteiger partial charge is 0.328 e. The van der Waals surface area contributed by atoms with E-state index in [9.17, 15) is 73.5 Å². The molecule has 0 aromatic rings. The van der Waals surface area contributed by atoms with E-state index in [1.54, 1.807) is 55.4 Å². The second-order valence-corrected chi connectivity index (χ2v) is 16.7. The quantitative estimate of drug-likeness (QED) is 0.0320. The number of hydrogen-bond acceptors (Lipinski definition) is 15. The van der Waals surface area contributed by atoms with Crippen LogP contribution in [0.3, 0.4) is 0 Å². The molecule has 0 aliphatic heterocycles. The molecule has 0 rings (SSSR count). The molecule has 0 aliphatic rings. The van der Waals surface area contributed by atoms with Gasteiger partial charge in [0.05, 0.1) is 38.5 Å². The first-order chi connectivity index (χ1) is 30.8. The van der Waals surface area contributed by atoms with Crippen molar-refractivity contribution in [1.82, 2.24) is 47.9 Å². The van der Waals surface area contributed by atoms with Gasteiger partial charge in [0, 0.05) is 0 Å². The van der Waals surface area contributed by atoms with E-state index in [2.05, 4.69) is 47.9 Å². The Kier molecular flexibility index (Phi) is 27.4. The van der Waals surface area contributed by atoms with Crippen LogP contribution in [0, 0.1) is 23.7 Å². The van der Waals surface area contributed by atoms with Crippen molar-refractivity contribution >= 4 is 59.1 Å². The van der Waals surface area contributed by atoms with Crippen LogP contribution in [0.5, 0.6) is 0 Å². The van der Waals surface area contributed by atoms with Crippen molar-refractivity contribution < 1.29 is 73.5 Å². The highest BCUT2D eigenvalue weighted by atomic mass is 16.4. The molecule has 0 aromatic carbocycles. The molecule has 0 aliphatic carbocycles. The lowest BCUT2D eigenvalue weighted by molar-refractivity contribution is -0.143. The van der Waals surface area contributed by atoms with Crippen LogP contribution in [0.15, 0.2) is 0 Å². The fourth-order valence-electron chi connectivity index (χ4n) is 6.07. The highest BCUT2D eigenvalue weighted by Gasteiger charge is 2.38. The summed E-state index contributed by atoms with van der Waals surface area (Å²) in [6.07, 6.45) is -1.89. The number of carboxylic acid groups (broad SMARTS) is 1. The Labute approximate surface area is 384 Å². The van der Waals surface area contributed by atoms with Crippen LogP contribution in [0.2, 0.25) is 0 Å². The van der Waals surface area contributed by atoms with Gasteiger partial charge in [-0.3, -0.25) is 43.2 Å². The third-order valence-electron chi connectivity index (χ3n) is 11.0. The third kappa shape index (κ3) is 19.5. The number of carbonyl (C=O) groups is 10. The first kappa shape index (κ1) is 60.5. The van der Waals surface area contributed by atoms with Gasteiger partial charge in [-0.1, -0.05) is 74.7 Å². The maximum Gasteiger partial charge on any atom is 0.328 e. The van der Waals surface area contributed by atoms with Gasteiger partial charge >= 0.3 is 5.97 Å². The summed E-state index contributed by atoms with van der Waals surface area (Å²) in [5.74, 6) is -12.0. The molecule has 9 amide bonds. The van der Waals surface area contributed by atoms with Crippen LogP contribution in [0.25, 0.3) is 0 Å². The van der Waals surface area contributed by atoms with E-state index in [-0.39, 0.29) is 0 Å². The molecule has 16 N–H and O–H groups in total. The lowest BCUT2D eigenvalue weighted by atomic mass is 9.94. The topological polar surface area (TPSA) is 406 Å². The number of carboxylic acids is 1. The molecule has 0 fully saturated rings. The molecule has 0 unspecified atom stereocenters. The van der Waals surface area contributed by atoms with Crippen molar-refractivity contribution in [3.63, 3.8) is 0 Å². The van der Waals surface area contributed by atoms with E-state index in [0.29, 0.717) is 19.3 Å². The van der Waals surface area contributed by atoms with E-state index in [1.165, 1.54) is 13.8 Å². The number of nitrogens with one attached hydrogen (secondary N) is 9. The molecule has 0 aromatic heterocycles. The Morgan fingerprint density at radius 3 is 1.15 bits per heavy atom. The number of rotatable bonds is 30. The summed E-state index contributed by atoms with van der Waals surface area (Å²) in [6, 6.07) is -11.7. The van der Waals surface area contributed by atoms with Crippen molar-refractivity contribution in [2.45, 2.75) is 149 Å². The van der Waals surface area contributed by atoms with Gasteiger partial charge < -0.3 is 79.1 Å². The fourth-order valence-corrected chi connectivity index (χ4v) is 6.07. The Balaban J connectivity index is 6.06. The molecule has 66 heavy (non-hydrogen) atoms. The molecule has 25 nitrogen and oxygen atoms in total. The van der Waals surface area contributed by atoms with E-state index in [1.807, 2.05) is 0 Å². The third-order valence-corrected chi connectivity index (χ3v) is 11.0. The first-order valence-corrected chi connectivity index (χ1v) is 22.0. The van der Waals surface area contributed by atoms with Gasteiger partial charge in [0.15, 0.2) is 0 Å². The normalized spacial score (nSPS) is 17.2. The fraction of sp³-hybridized carbons (Fsp3) is 0.756. The number of carbonyl (C=O) groups excluding carboxylic acids is 9. The van der Waals surface area contributed by atoms with Gasteiger partial charge in [-0.25, -0.2) is 4.79 Å². The second kappa shape index (κ2) is 29.9. The summed E-state index contributed by atoms with van der Waals surface area (Å²) in [4.78, 5) is 130. The van der Waals surface area contributed by atoms with Crippen molar-refractivity contribution in [2.24, 2.45) is 29.4 Å². The maximum absolute atomic E-state index is 13.8. The highest BCUT2D eigenvalue weighted by molar-refractivity contribution is 5.98. The Morgan fingerprint density at radius 1 is 0.439 bits per heavy atom. The van der Waals surface area contributed by atoms with Gasteiger partial charge in [-0.15, -0.1) is 0 Å². The number of aliphatic hydroxyl groups excluding tert-OH is 4. The molecule has 0 heterocycles. The minimum atomic E-state index is -1.70. The largest absolute Gasteiger partial charge is 0.480 e. The van der Waals surface area contributed by atoms with Crippen molar-refractivity contribution in [2.75, 3.05) is 26.3 Å². The lowest BCUT2D eigenvalue weighted by Crippen LogP contribution is -2.63. The van der Waals surface area contributed by atoms with Gasteiger partial charge in [0.25, 0.3) is 0 Å². The number of nitrogens with two attached hydrogens (primary N) is 1. The van der Waals surface area contributed by atoms with E-state index >= 15 is 0 Å². The van der Waals surface area contributed by atoms with Crippen LogP contribution in [0.1, 0.15) is 88.5 Å². The van der Waals surface area contributed by atoms with E-state index in [0.717, 1.165) is 0 Å². The number of amides is 9. The van der Waals surface area contributed by atoms with Crippen LogP contribution in [0.4, 0.5) is 0 Å². The summed E-state index contributed by atoms with van der Waals surface area (Å²) < 4.78 is 0. The van der Waals surface area contributed by atoms with Crippen LogP contribution >= 0.6 is 0 Å². The van der Waals surface area contributed by atoms with Gasteiger partial charge in [-0.05, 0) is 37.5 Å². The molecule has 0 radical (unpaired) electrons. The van der Waals surface area contributed by atoms with Crippen LogP contribution in [-0.4, -0.2) is 172 Å². The SMILES string of the molecule is CC[C@H](C)[C@H](NC(=O)[C@H](CO)NC(=O)CNC(=O)[C@@H](NC(=O)[C@@H](NC(=O)[C@@H](NC(=O)[C@@H](NC(=O)[C@@H](NC(=O)CN)[C@@H](C)O)[C@@H](C)CC)C(C)C)[C@@H](C)CC)[C@@H](C)O)C(=O)N[C@@H](CO)C(=O)O. The zero-order valence-electron chi connectivity index (χ0n) is 39.4. The molecule has 0 saturated carbocycles. The summed E-state index contributed by atoms with van der Waals surface area (Å²) in [6.45, 7) is 12.5. The maximum atomic E-state index is 13.8. The van der Waals surface area contributed by atoms with Crippen molar-refractivity contribution in [3.8, 4) is 0 Å². The molecule has 25 heteroatoms. The van der Waals surface area contributed by atoms with E-state index < -0.39 is 170 Å².